The number of hydrogen-bond donors (Lipinski definition) is 1. The first-order valence-corrected chi connectivity index (χ1v) is 0.632. The molecule has 0 radical (unpaired) electrons. The van der Waals surface area contributed by atoms with Crippen molar-refractivity contribution in [2.45, 2.75) is 0 Å². The van der Waals surface area contributed by atoms with Gasteiger partial charge in [-0.15, -0.1) is 0 Å². The molecule has 0 rings (SSSR count). The maximum absolute atomic E-state index is 8.44. The first-order chi connectivity index (χ1) is 1.73. The molecule has 0 amide bonds. The largest absolute Gasteiger partial charge is 1.00 e. The second-order valence-electron chi connectivity index (χ2n) is 0.266. The summed E-state index contributed by atoms with van der Waals surface area (Å²) in [4.78, 5) is 8.44. The van der Waals surface area contributed by atoms with Crippen molar-refractivity contribution in [3.8, 4) is 0 Å². The van der Waals surface area contributed by atoms with Gasteiger partial charge >= 0.3 is 58.2 Å². The molecule has 0 bridgehead atoms. The number of rotatable bonds is 0. The topological polar surface area (TPSA) is 91.9 Å². The van der Waals surface area contributed by atoms with Crippen LogP contribution in [0.5, 0.6) is 0 Å². The van der Waals surface area contributed by atoms with E-state index < -0.39 is 6.16 Å². The monoisotopic (exact) mass is 164 g/mol. The fourth-order valence-electron chi connectivity index (χ4n) is 0. The van der Waals surface area contributed by atoms with Crippen LogP contribution >= 0.6 is 0 Å². The third-order valence-electron chi connectivity index (χ3n) is 0. The Kier molecular flexibility index (Phi) is 24.6. The summed E-state index contributed by atoms with van der Waals surface area (Å²) in [5.74, 6) is 0. The molecule has 5 heteroatoms. The van der Waals surface area contributed by atoms with E-state index in [0.29, 0.717) is 0 Å². The molecule has 0 saturated carbocycles. The molecule has 6 heavy (non-hydrogen) atoms. The first-order valence-electron chi connectivity index (χ1n) is 0.632. The van der Waals surface area contributed by atoms with Gasteiger partial charge in [0.2, 0.25) is 6.16 Å². The molecule has 0 aromatic carbocycles. The molecule has 0 spiro atoms. The predicted molar refractivity (Wildman–Crippen MR) is 11.6 cm³/mol. The van der Waals surface area contributed by atoms with E-state index in [9.17, 15) is 0 Å². The molecule has 0 aliphatic heterocycles. The Morgan fingerprint density at radius 2 is 1.67 bits per heavy atom. The van der Waals surface area contributed by atoms with E-state index in [0.717, 1.165) is 0 Å². The van der Waals surface area contributed by atoms with Gasteiger partial charge in [-0.25, -0.2) is 0 Å². The van der Waals surface area contributed by atoms with E-state index in [1.807, 2.05) is 0 Å². The van der Waals surface area contributed by atoms with E-state index in [-0.39, 0.29) is 63.7 Å². The minimum Gasteiger partial charge on any atom is -0.565 e. The maximum Gasteiger partial charge on any atom is 1.00 e. The number of carboxylic acid groups (broad SMARTS) is 2. The van der Waals surface area contributed by atoms with Crippen LogP contribution in [0.4, 0.5) is 4.79 Å². The Bertz CT molecular complexity index is 30.5. The van der Waals surface area contributed by atoms with Crippen molar-refractivity contribution in [1.82, 2.24) is 0 Å². The molecule has 3 N–H and O–H groups in total. The summed E-state index contributed by atoms with van der Waals surface area (Å²) in [5.41, 5.74) is 0. The second-order valence-corrected chi connectivity index (χ2v) is 0.266. The fraction of sp³-hybridized carbons (Fsp3) is 0. The average molecular weight is 164 g/mol. The zero-order valence-corrected chi connectivity index (χ0v) is 8.18. The van der Waals surface area contributed by atoms with Gasteiger partial charge in [-0.2, -0.15) is 0 Å². The van der Waals surface area contributed by atoms with Gasteiger partial charge in [-0.05, 0) is 0 Å². The third kappa shape index (κ3) is 76.5. The molecule has 0 heterocycles. The molecule has 0 saturated heterocycles. The summed E-state index contributed by atoms with van der Waals surface area (Å²) in [6.07, 6.45) is -2.08. The molecule has 0 fully saturated rings. The summed E-state index contributed by atoms with van der Waals surface area (Å²) in [5, 5.41) is 15.3. The quantitative estimate of drug-likeness (QED) is 0.389. The fourth-order valence-corrected chi connectivity index (χ4v) is 0. The van der Waals surface area contributed by atoms with E-state index in [1.165, 1.54) is 0 Å². The molecule has 0 unspecified atom stereocenters. The zero-order chi connectivity index (χ0) is 3.58. The number of hydrogen-bond acceptors (Lipinski definition) is 2. The normalized spacial score (nSPS) is 4.00. The Labute approximate surface area is 83.3 Å². The van der Waals surface area contributed by atoms with Gasteiger partial charge in [-0.3, -0.25) is 0 Å². The predicted octanol–water partition coefficient (Wildman–Crippen LogP) is -4.93. The molecule has 0 aromatic rings. The van der Waals surface area contributed by atoms with Crippen molar-refractivity contribution in [2.24, 2.45) is 0 Å². The molecule has 0 aliphatic rings. The first kappa shape index (κ1) is 15.7. The van der Waals surface area contributed by atoms with Gasteiger partial charge < -0.3 is 20.5 Å². The summed E-state index contributed by atoms with van der Waals surface area (Å²) in [7, 11) is 0. The van der Waals surface area contributed by atoms with E-state index >= 15 is 0 Å². The van der Waals surface area contributed by atoms with E-state index in [1.54, 1.807) is 0 Å². The SMILES string of the molecule is O.O=C([O-])O.[Rb+]. The van der Waals surface area contributed by atoms with Crippen molar-refractivity contribution in [3.05, 3.63) is 0 Å². The van der Waals surface area contributed by atoms with Crippen molar-refractivity contribution in [3.63, 3.8) is 0 Å². The Balaban J connectivity index is -0.0000000450. The Morgan fingerprint density at radius 3 is 1.67 bits per heavy atom. The summed E-state index contributed by atoms with van der Waals surface area (Å²) in [6, 6.07) is 0. The maximum atomic E-state index is 8.44. The minimum atomic E-state index is -2.08. The van der Waals surface area contributed by atoms with Gasteiger partial charge in [0.05, 0.1) is 0 Å². The van der Waals surface area contributed by atoms with Crippen LogP contribution in [-0.4, -0.2) is 16.7 Å². The summed E-state index contributed by atoms with van der Waals surface area (Å²) in [6.45, 7) is 0. The van der Waals surface area contributed by atoms with Crippen molar-refractivity contribution < 1.29 is 78.7 Å². The van der Waals surface area contributed by atoms with Gasteiger partial charge in [0.25, 0.3) is 0 Å². The molecule has 0 aliphatic carbocycles. The van der Waals surface area contributed by atoms with Crippen LogP contribution in [-0.2, 0) is 0 Å². The Morgan fingerprint density at radius 1 is 1.67 bits per heavy atom. The van der Waals surface area contributed by atoms with Crippen molar-refractivity contribution in [1.29, 1.82) is 0 Å². The summed E-state index contributed by atoms with van der Waals surface area (Å²) < 4.78 is 0. The third-order valence-corrected chi connectivity index (χ3v) is 0. The minimum absolute atomic E-state index is 0. The van der Waals surface area contributed by atoms with E-state index in [2.05, 4.69) is 0 Å². The summed E-state index contributed by atoms with van der Waals surface area (Å²) >= 11 is 0. The second kappa shape index (κ2) is 9.40. The van der Waals surface area contributed by atoms with Crippen LogP contribution in [0, 0.1) is 0 Å². The van der Waals surface area contributed by atoms with Crippen LogP contribution < -0.4 is 63.3 Å². The molecular formula is CH3O4Rb. The zero-order valence-electron chi connectivity index (χ0n) is 3.26. The molecule has 4 nitrogen and oxygen atoms in total. The van der Waals surface area contributed by atoms with Crippen LogP contribution in [0.15, 0.2) is 0 Å². The molecule has 0 atom stereocenters. The molecule has 32 valence electrons. The van der Waals surface area contributed by atoms with E-state index in [4.69, 9.17) is 15.0 Å². The van der Waals surface area contributed by atoms with Crippen LogP contribution in [0.1, 0.15) is 0 Å². The van der Waals surface area contributed by atoms with Gasteiger partial charge in [0.1, 0.15) is 0 Å². The van der Waals surface area contributed by atoms with Crippen molar-refractivity contribution >= 4 is 6.16 Å². The van der Waals surface area contributed by atoms with Crippen LogP contribution in [0.2, 0.25) is 0 Å². The van der Waals surface area contributed by atoms with Gasteiger partial charge in [-0.1, -0.05) is 0 Å². The smallest absolute Gasteiger partial charge is 0.565 e. The van der Waals surface area contributed by atoms with Crippen LogP contribution in [0.3, 0.4) is 0 Å². The molecule has 0 aromatic heterocycles. The standard InChI is InChI=1S/CH2O3.H2O.Rb/c2-1(3)4;;/h(H2,2,3,4);1H2;/q;;+1/p-1. The van der Waals surface area contributed by atoms with Gasteiger partial charge in [0, 0.05) is 0 Å². The van der Waals surface area contributed by atoms with Crippen LogP contribution in [0.25, 0.3) is 0 Å². The average Bonchev–Trinajstić information content (AvgIpc) is 0.811. The number of carbonyl (C=O) groups is 1. The van der Waals surface area contributed by atoms with Crippen molar-refractivity contribution in [2.75, 3.05) is 0 Å². The van der Waals surface area contributed by atoms with Gasteiger partial charge in [0.15, 0.2) is 0 Å². The Hall–Kier alpha value is 1.04. The molecular weight excluding hydrogens is 161 g/mol.